The molecule has 0 heterocycles. The molecule has 1 N–H and O–H groups in total. The summed E-state index contributed by atoms with van der Waals surface area (Å²) in [4.78, 5) is 0. The van der Waals surface area contributed by atoms with E-state index in [2.05, 4.69) is 4.74 Å². The van der Waals surface area contributed by atoms with Gasteiger partial charge in [0.15, 0.2) is 11.6 Å². The van der Waals surface area contributed by atoms with E-state index in [0.717, 1.165) is 6.07 Å². The van der Waals surface area contributed by atoms with Crippen LogP contribution < -0.4 is 4.74 Å². The minimum Gasteiger partial charge on any atom is -0.402 e. The van der Waals surface area contributed by atoms with Crippen molar-refractivity contribution >= 4 is 0 Å². The standard InChI is InChI=1S/C10H9F4O2/c1-6(5-15)7-3-2-4-8(11)9(7)16-10(12,13)14/h2-4,15H,5H2,1H3. The summed E-state index contributed by atoms with van der Waals surface area (Å²) in [6, 6.07) is 3.35. The Balaban J connectivity index is 3.13. The van der Waals surface area contributed by atoms with E-state index in [1.807, 2.05) is 0 Å². The average Bonchev–Trinajstić information content (AvgIpc) is 2.18. The van der Waals surface area contributed by atoms with Gasteiger partial charge in [-0.15, -0.1) is 13.2 Å². The van der Waals surface area contributed by atoms with Crippen LogP contribution in [0.5, 0.6) is 5.75 Å². The van der Waals surface area contributed by atoms with Gasteiger partial charge in [0.05, 0.1) is 6.61 Å². The Bertz CT molecular complexity index is 362. The maximum Gasteiger partial charge on any atom is 0.573 e. The largest absolute Gasteiger partial charge is 0.573 e. The van der Waals surface area contributed by atoms with E-state index in [4.69, 9.17) is 5.11 Å². The summed E-state index contributed by atoms with van der Waals surface area (Å²) in [5, 5.41) is 8.81. The van der Waals surface area contributed by atoms with Crippen molar-refractivity contribution in [2.75, 3.05) is 6.61 Å². The summed E-state index contributed by atoms with van der Waals surface area (Å²) in [6.07, 6.45) is -4.97. The van der Waals surface area contributed by atoms with Crippen molar-refractivity contribution in [1.82, 2.24) is 0 Å². The summed E-state index contributed by atoms with van der Waals surface area (Å²) in [6.45, 7) is 0.912. The number of rotatable bonds is 3. The van der Waals surface area contributed by atoms with E-state index in [-0.39, 0.29) is 11.5 Å². The van der Waals surface area contributed by atoms with Gasteiger partial charge in [0.2, 0.25) is 0 Å². The third-order valence-electron chi connectivity index (χ3n) is 1.88. The summed E-state index contributed by atoms with van der Waals surface area (Å²) >= 11 is 0. The van der Waals surface area contributed by atoms with Crippen LogP contribution in [0.4, 0.5) is 17.6 Å². The first-order chi connectivity index (χ1) is 7.35. The van der Waals surface area contributed by atoms with Crippen LogP contribution in [-0.2, 0) is 0 Å². The first kappa shape index (κ1) is 12.8. The van der Waals surface area contributed by atoms with Crippen LogP contribution in [0, 0.1) is 11.7 Å². The van der Waals surface area contributed by atoms with E-state index in [0.29, 0.717) is 0 Å². The molecule has 1 aromatic rings. The van der Waals surface area contributed by atoms with Gasteiger partial charge in [-0.3, -0.25) is 0 Å². The second-order valence-electron chi connectivity index (χ2n) is 3.10. The zero-order valence-corrected chi connectivity index (χ0v) is 8.31. The average molecular weight is 237 g/mol. The Kier molecular flexibility index (Phi) is 3.74. The number of aliphatic hydroxyl groups excluding tert-OH is 1. The molecule has 0 spiro atoms. The molecule has 0 atom stereocenters. The lowest BCUT2D eigenvalue weighted by Crippen LogP contribution is -2.20. The molecule has 89 valence electrons. The first-order valence-electron chi connectivity index (χ1n) is 4.33. The van der Waals surface area contributed by atoms with Crippen molar-refractivity contribution in [3.63, 3.8) is 0 Å². The zero-order valence-electron chi connectivity index (χ0n) is 8.31. The number of para-hydroxylation sites is 1. The predicted molar refractivity (Wildman–Crippen MR) is 48.2 cm³/mol. The lowest BCUT2D eigenvalue weighted by molar-refractivity contribution is -0.275. The Morgan fingerprint density at radius 3 is 2.50 bits per heavy atom. The second-order valence-corrected chi connectivity index (χ2v) is 3.10. The van der Waals surface area contributed by atoms with Crippen LogP contribution >= 0.6 is 0 Å². The Labute approximate surface area is 89.5 Å². The van der Waals surface area contributed by atoms with Gasteiger partial charge in [0.1, 0.15) is 0 Å². The maximum atomic E-state index is 13.2. The molecule has 2 nitrogen and oxygen atoms in total. The van der Waals surface area contributed by atoms with Gasteiger partial charge in [-0.05, 0) is 6.07 Å². The topological polar surface area (TPSA) is 29.5 Å². The van der Waals surface area contributed by atoms with Gasteiger partial charge >= 0.3 is 6.36 Å². The molecule has 0 unspecified atom stereocenters. The minimum atomic E-state index is -4.97. The van der Waals surface area contributed by atoms with E-state index < -0.39 is 24.5 Å². The number of benzene rings is 1. The fraction of sp³-hybridized carbons (Fsp3) is 0.300. The summed E-state index contributed by atoms with van der Waals surface area (Å²) < 4.78 is 52.8. The summed E-state index contributed by atoms with van der Waals surface area (Å²) in [5.41, 5.74) is -0.0974. The van der Waals surface area contributed by atoms with Gasteiger partial charge in [-0.1, -0.05) is 19.1 Å². The normalized spacial score (nSPS) is 11.9. The van der Waals surface area contributed by atoms with Gasteiger partial charge in [-0.2, -0.15) is 0 Å². The van der Waals surface area contributed by atoms with Crippen LogP contribution in [0.15, 0.2) is 18.2 Å². The summed E-state index contributed by atoms with van der Waals surface area (Å²) in [7, 11) is 0. The highest BCUT2D eigenvalue weighted by Gasteiger charge is 2.34. The number of halogens is 4. The van der Waals surface area contributed by atoms with Crippen molar-refractivity contribution in [1.29, 1.82) is 0 Å². The lowest BCUT2D eigenvalue weighted by atomic mass is 10.0. The Morgan fingerprint density at radius 1 is 1.38 bits per heavy atom. The molecule has 0 saturated heterocycles. The van der Waals surface area contributed by atoms with Crippen molar-refractivity contribution < 1.29 is 27.4 Å². The highest BCUT2D eigenvalue weighted by atomic mass is 19.4. The van der Waals surface area contributed by atoms with E-state index >= 15 is 0 Å². The Hall–Kier alpha value is -1.30. The third kappa shape index (κ3) is 3.10. The van der Waals surface area contributed by atoms with Gasteiger partial charge in [0, 0.05) is 11.5 Å². The fourth-order valence-electron chi connectivity index (χ4n) is 1.15. The minimum absolute atomic E-state index is 0.0974. The monoisotopic (exact) mass is 237 g/mol. The molecule has 1 radical (unpaired) electrons. The van der Waals surface area contributed by atoms with Crippen LogP contribution in [0.25, 0.3) is 0 Å². The number of hydrogen-bond donors (Lipinski definition) is 1. The van der Waals surface area contributed by atoms with Crippen molar-refractivity contribution in [3.05, 3.63) is 35.5 Å². The van der Waals surface area contributed by atoms with Gasteiger partial charge < -0.3 is 9.84 Å². The van der Waals surface area contributed by atoms with Gasteiger partial charge in [0.25, 0.3) is 0 Å². The maximum absolute atomic E-state index is 13.2. The first-order valence-corrected chi connectivity index (χ1v) is 4.33. The zero-order chi connectivity index (χ0) is 12.3. The molecule has 0 aromatic heterocycles. The van der Waals surface area contributed by atoms with Crippen molar-refractivity contribution in [3.8, 4) is 5.75 Å². The molecule has 0 saturated carbocycles. The summed E-state index contributed by atoms with van der Waals surface area (Å²) in [5.74, 6) is -1.84. The molecule has 0 aliphatic heterocycles. The highest BCUT2D eigenvalue weighted by molar-refractivity contribution is 5.44. The molecule has 0 aliphatic carbocycles. The molecule has 0 fully saturated rings. The Morgan fingerprint density at radius 2 is 2.00 bits per heavy atom. The quantitative estimate of drug-likeness (QED) is 0.819. The number of ether oxygens (including phenoxy) is 1. The number of aliphatic hydroxyl groups is 1. The molecular formula is C10H9F4O2. The van der Waals surface area contributed by atoms with Crippen LogP contribution in [0.1, 0.15) is 12.5 Å². The van der Waals surface area contributed by atoms with E-state index in [1.54, 1.807) is 0 Å². The van der Waals surface area contributed by atoms with Crippen LogP contribution in [0.3, 0.4) is 0 Å². The number of alkyl halides is 3. The van der Waals surface area contributed by atoms with Gasteiger partial charge in [-0.25, -0.2) is 4.39 Å². The number of hydrogen-bond acceptors (Lipinski definition) is 2. The molecular weight excluding hydrogens is 228 g/mol. The molecule has 0 amide bonds. The van der Waals surface area contributed by atoms with E-state index in [1.165, 1.54) is 19.1 Å². The van der Waals surface area contributed by atoms with Crippen LogP contribution in [0.2, 0.25) is 0 Å². The van der Waals surface area contributed by atoms with Crippen molar-refractivity contribution in [2.45, 2.75) is 13.3 Å². The lowest BCUT2D eigenvalue weighted by Gasteiger charge is -2.16. The molecule has 1 rings (SSSR count). The van der Waals surface area contributed by atoms with Crippen LogP contribution in [-0.4, -0.2) is 18.1 Å². The second kappa shape index (κ2) is 4.69. The molecule has 0 bridgehead atoms. The fourth-order valence-corrected chi connectivity index (χ4v) is 1.15. The third-order valence-corrected chi connectivity index (χ3v) is 1.88. The predicted octanol–water partition coefficient (Wildman–Crippen LogP) is 2.66. The highest BCUT2D eigenvalue weighted by Crippen LogP contribution is 2.32. The molecule has 16 heavy (non-hydrogen) atoms. The molecule has 1 aromatic carbocycles. The smallest absolute Gasteiger partial charge is 0.402 e. The van der Waals surface area contributed by atoms with E-state index in [9.17, 15) is 17.6 Å². The van der Waals surface area contributed by atoms with Crippen molar-refractivity contribution in [2.24, 2.45) is 0 Å². The molecule has 0 aliphatic rings. The molecule has 6 heteroatoms. The SMILES string of the molecule is C[C](CO)c1cccc(F)c1OC(F)(F)F.